The van der Waals surface area contributed by atoms with Crippen molar-refractivity contribution >= 4 is 34.2 Å². The third kappa shape index (κ3) is 3.68. The first-order valence-electron chi connectivity index (χ1n) is 6.04. The molecule has 1 heterocycles. The molecule has 1 saturated heterocycles. The molecule has 1 amide bonds. The summed E-state index contributed by atoms with van der Waals surface area (Å²) in [5, 5.41) is 3.09. The van der Waals surface area contributed by atoms with Gasteiger partial charge in [0.15, 0.2) is 0 Å². The summed E-state index contributed by atoms with van der Waals surface area (Å²) in [6.45, 7) is 1.54. The predicted molar refractivity (Wildman–Crippen MR) is 79.3 cm³/mol. The van der Waals surface area contributed by atoms with E-state index in [4.69, 9.17) is 0 Å². The van der Waals surface area contributed by atoms with E-state index in [-0.39, 0.29) is 24.4 Å². The molecule has 1 aromatic rings. The van der Waals surface area contributed by atoms with Crippen molar-refractivity contribution < 1.29 is 9.18 Å². The fourth-order valence-corrected chi connectivity index (χ4v) is 2.59. The second-order valence-electron chi connectivity index (χ2n) is 4.48. The average Bonchev–Trinajstić information content (AvgIpc) is 2.80. The fraction of sp³-hybridized carbons (Fsp3) is 0.462. The molecule has 2 rings (SSSR count). The molecule has 1 unspecified atom stereocenters. The Bertz CT molecular complexity index is 458. The van der Waals surface area contributed by atoms with Gasteiger partial charge in [-0.2, -0.15) is 0 Å². The first-order valence-corrected chi connectivity index (χ1v) is 6.83. The number of rotatable bonds is 3. The zero-order valence-corrected chi connectivity index (χ0v) is 13.1. The van der Waals surface area contributed by atoms with Crippen molar-refractivity contribution in [3.63, 3.8) is 0 Å². The number of nitrogens with one attached hydrogen (secondary N) is 1. The van der Waals surface area contributed by atoms with E-state index in [0.717, 1.165) is 25.9 Å². The molecule has 0 spiro atoms. The molecule has 1 aliphatic heterocycles. The topological polar surface area (TPSA) is 32.3 Å². The molecule has 19 heavy (non-hydrogen) atoms. The number of benzene rings is 1. The fourth-order valence-electron chi connectivity index (χ4n) is 2.35. The van der Waals surface area contributed by atoms with Crippen LogP contribution in [-0.2, 0) is 0 Å². The molecule has 0 radical (unpaired) electrons. The molecule has 1 fully saturated rings. The minimum Gasteiger partial charge on any atom is -0.334 e. The number of hydrogen-bond acceptors (Lipinski definition) is 2. The molecular weight excluding hydrogens is 335 g/mol. The summed E-state index contributed by atoms with van der Waals surface area (Å²) in [7, 11) is 1.88. The van der Waals surface area contributed by atoms with Crippen LogP contribution in [0.3, 0.4) is 0 Å². The lowest BCUT2D eigenvalue weighted by molar-refractivity contribution is 0.0736. The van der Waals surface area contributed by atoms with E-state index in [1.807, 2.05) is 11.9 Å². The standard InChI is InChI=1S/C13H16BrFN2O.ClH/c1-16-8-10-3-2-6-17(10)13(18)9-4-5-11(14)12(15)7-9;/h4-5,7,10,16H,2-3,6,8H2,1H3;1H. The molecule has 1 atom stereocenters. The van der Waals surface area contributed by atoms with Crippen molar-refractivity contribution in [2.45, 2.75) is 18.9 Å². The number of hydrogen-bond donors (Lipinski definition) is 1. The van der Waals surface area contributed by atoms with Gasteiger partial charge in [-0.1, -0.05) is 0 Å². The maximum absolute atomic E-state index is 13.4. The molecule has 106 valence electrons. The summed E-state index contributed by atoms with van der Waals surface area (Å²) < 4.78 is 13.8. The quantitative estimate of drug-likeness (QED) is 0.908. The molecule has 0 aliphatic carbocycles. The highest BCUT2D eigenvalue weighted by Gasteiger charge is 2.28. The summed E-state index contributed by atoms with van der Waals surface area (Å²) in [6, 6.07) is 4.74. The van der Waals surface area contributed by atoms with Gasteiger partial charge in [-0.25, -0.2) is 4.39 Å². The van der Waals surface area contributed by atoms with Crippen LogP contribution in [0.2, 0.25) is 0 Å². The molecule has 0 saturated carbocycles. The smallest absolute Gasteiger partial charge is 0.254 e. The van der Waals surface area contributed by atoms with E-state index in [0.29, 0.717) is 10.0 Å². The molecule has 1 aliphatic rings. The number of nitrogens with zero attached hydrogens (tertiary/aromatic N) is 1. The second-order valence-corrected chi connectivity index (χ2v) is 5.34. The maximum Gasteiger partial charge on any atom is 0.254 e. The van der Waals surface area contributed by atoms with E-state index in [1.54, 1.807) is 12.1 Å². The lowest BCUT2D eigenvalue weighted by Gasteiger charge is -2.24. The molecule has 0 bridgehead atoms. The SMILES string of the molecule is CNCC1CCCN1C(=O)c1ccc(Br)c(F)c1.Cl. The van der Waals surface area contributed by atoms with Gasteiger partial charge in [0.2, 0.25) is 0 Å². The van der Waals surface area contributed by atoms with Crippen LogP contribution in [0.1, 0.15) is 23.2 Å². The van der Waals surface area contributed by atoms with Gasteiger partial charge in [-0.15, -0.1) is 12.4 Å². The van der Waals surface area contributed by atoms with Crippen LogP contribution < -0.4 is 5.32 Å². The molecular formula is C13H17BrClFN2O. The van der Waals surface area contributed by atoms with Crippen LogP contribution in [0.25, 0.3) is 0 Å². The normalized spacial score (nSPS) is 18.3. The highest BCUT2D eigenvalue weighted by Crippen LogP contribution is 2.22. The summed E-state index contributed by atoms with van der Waals surface area (Å²) >= 11 is 3.09. The van der Waals surface area contributed by atoms with Crippen molar-refractivity contribution in [3.8, 4) is 0 Å². The van der Waals surface area contributed by atoms with Gasteiger partial charge in [0.1, 0.15) is 5.82 Å². The molecule has 3 nitrogen and oxygen atoms in total. The Morgan fingerprint density at radius 1 is 1.58 bits per heavy atom. The Hall–Kier alpha value is -0.650. The number of carbonyl (C=O) groups excluding carboxylic acids is 1. The van der Waals surface area contributed by atoms with Gasteiger partial charge in [0.25, 0.3) is 5.91 Å². The first-order chi connectivity index (χ1) is 8.63. The van der Waals surface area contributed by atoms with Crippen LogP contribution in [0, 0.1) is 5.82 Å². The van der Waals surface area contributed by atoms with Crippen LogP contribution in [0.5, 0.6) is 0 Å². The van der Waals surface area contributed by atoms with E-state index < -0.39 is 5.82 Å². The van der Waals surface area contributed by atoms with Crippen LogP contribution in [-0.4, -0.2) is 37.0 Å². The monoisotopic (exact) mass is 350 g/mol. The van der Waals surface area contributed by atoms with Gasteiger partial charge >= 0.3 is 0 Å². The van der Waals surface area contributed by atoms with Crippen molar-refractivity contribution in [2.75, 3.05) is 20.1 Å². The minimum atomic E-state index is -0.398. The maximum atomic E-state index is 13.4. The zero-order chi connectivity index (χ0) is 13.1. The Kier molecular flexibility index (Phi) is 6.23. The third-order valence-electron chi connectivity index (χ3n) is 3.24. The van der Waals surface area contributed by atoms with Gasteiger partial charge in [-0.05, 0) is 54.0 Å². The summed E-state index contributed by atoms with van der Waals surface area (Å²) in [4.78, 5) is 14.1. The molecule has 0 aromatic heterocycles. The highest BCUT2D eigenvalue weighted by atomic mass is 79.9. The Balaban J connectivity index is 0.00000180. The Labute approximate surface area is 127 Å². The Morgan fingerprint density at radius 2 is 2.32 bits per heavy atom. The number of halogens is 3. The van der Waals surface area contributed by atoms with Crippen molar-refractivity contribution in [1.82, 2.24) is 10.2 Å². The van der Waals surface area contributed by atoms with E-state index in [9.17, 15) is 9.18 Å². The minimum absolute atomic E-state index is 0. The number of carbonyl (C=O) groups is 1. The average molecular weight is 352 g/mol. The molecule has 1 N–H and O–H groups in total. The summed E-state index contributed by atoms with van der Waals surface area (Å²) in [6.07, 6.45) is 2.02. The largest absolute Gasteiger partial charge is 0.334 e. The van der Waals surface area contributed by atoms with E-state index in [2.05, 4.69) is 21.2 Å². The summed E-state index contributed by atoms with van der Waals surface area (Å²) in [5.74, 6) is -0.482. The molecule has 6 heteroatoms. The Morgan fingerprint density at radius 3 is 2.95 bits per heavy atom. The number of amides is 1. The van der Waals surface area contributed by atoms with Crippen LogP contribution >= 0.6 is 28.3 Å². The van der Waals surface area contributed by atoms with Crippen LogP contribution in [0.15, 0.2) is 22.7 Å². The van der Waals surface area contributed by atoms with E-state index >= 15 is 0 Å². The lowest BCUT2D eigenvalue weighted by atomic mass is 10.1. The highest BCUT2D eigenvalue weighted by molar-refractivity contribution is 9.10. The van der Waals surface area contributed by atoms with Crippen molar-refractivity contribution in [1.29, 1.82) is 0 Å². The summed E-state index contributed by atoms with van der Waals surface area (Å²) in [5.41, 5.74) is 0.415. The van der Waals surface area contributed by atoms with Gasteiger partial charge in [0, 0.05) is 24.7 Å². The predicted octanol–water partition coefficient (Wildman–Crippen LogP) is 2.83. The third-order valence-corrected chi connectivity index (χ3v) is 3.89. The number of likely N-dealkylation sites (N-methyl/N-ethyl adjacent to an activating group) is 1. The van der Waals surface area contributed by atoms with Crippen molar-refractivity contribution in [2.24, 2.45) is 0 Å². The van der Waals surface area contributed by atoms with Gasteiger partial charge in [-0.3, -0.25) is 4.79 Å². The van der Waals surface area contributed by atoms with Gasteiger partial charge in [0.05, 0.1) is 4.47 Å². The molecule has 1 aromatic carbocycles. The lowest BCUT2D eigenvalue weighted by Crippen LogP contribution is -2.40. The number of likely N-dealkylation sites (tertiary alicyclic amines) is 1. The van der Waals surface area contributed by atoms with Gasteiger partial charge < -0.3 is 10.2 Å². The van der Waals surface area contributed by atoms with Crippen molar-refractivity contribution in [3.05, 3.63) is 34.1 Å². The first kappa shape index (κ1) is 16.4. The van der Waals surface area contributed by atoms with E-state index in [1.165, 1.54) is 6.07 Å². The zero-order valence-electron chi connectivity index (χ0n) is 10.7. The van der Waals surface area contributed by atoms with Crippen LogP contribution in [0.4, 0.5) is 4.39 Å². The second kappa shape index (κ2) is 7.22.